The molecule has 1 aliphatic rings. The van der Waals surface area contributed by atoms with Gasteiger partial charge in [-0.2, -0.15) is 0 Å². The molecule has 1 nitrogen and oxygen atoms in total. The fraction of sp³-hybridized carbons (Fsp3) is 0.263. The SMILES string of the molecule is CN1CC(C)(C)c2c1c1ccccc1c1ccccc21. The number of hydrogen-bond donors (Lipinski definition) is 0. The minimum Gasteiger partial charge on any atom is -0.373 e. The van der Waals surface area contributed by atoms with Crippen LogP contribution in [0, 0.1) is 0 Å². The summed E-state index contributed by atoms with van der Waals surface area (Å²) in [7, 11) is 2.22. The molecule has 0 N–H and O–H groups in total. The second kappa shape index (κ2) is 3.76. The highest BCUT2D eigenvalue weighted by Crippen LogP contribution is 2.48. The van der Waals surface area contributed by atoms with Gasteiger partial charge in [0.25, 0.3) is 0 Å². The third kappa shape index (κ3) is 1.38. The molecule has 3 aromatic rings. The summed E-state index contributed by atoms with van der Waals surface area (Å²) in [5.41, 5.74) is 3.13. The van der Waals surface area contributed by atoms with Gasteiger partial charge in [0.15, 0.2) is 0 Å². The summed E-state index contributed by atoms with van der Waals surface area (Å²) in [6.45, 7) is 5.80. The van der Waals surface area contributed by atoms with Crippen LogP contribution in [-0.4, -0.2) is 13.6 Å². The van der Waals surface area contributed by atoms with Crippen LogP contribution in [0.15, 0.2) is 48.5 Å². The van der Waals surface area contributed by atoms with Gasteiger partial charge in [0.1, 0.15) is 0 Å². The maximum absolute atomic E-state index is 2.42. The molecule has 20 heavy (non-hydrogen) atoms. The molecule has 3 aromatic carbocycles. The lowest BCUT2D eigenvalue weighted by molar-refractivity contribution is 0.567. The molecule has 1 aliphatic heterocycles. The summed E-state index contributed by atoms with van der Waals surface area (Å²) in [5, 5.41) is 5.54. The molecule has 0 atom stereocenters. The first-order chi connectivity index (χ1) is 9.59. The molecular weight excluding hydrogens is 242 g/mol. The van der Waals surface area contributed by atoms with Crippen molar-refractivity contribution >= 4 is 27.2 Å². The number of hydrogen-bond acceptors (Lipinski definition) is 1. The van der Waals surface area contributed by atoms with Crippen molar-refractivity contribution in [2.45, 2.75) is 19.3 Å². The average Bonchev–Trinajstić information content (AvgIpc) is 2.69. The standard InChI is InChI=1S/C19H19N/c1-19(2)12-20(3)18-16-11-7-5-9-14(16)13-8-4-6-10-15(13)17(18)19/h4-11H,12H2,1-3H3. The van der Waals surface area contributed by atoms with E-state index in [2.05, 4.69) is 74.3 Å². The maximum Gasteiger partial charge on any atom is 0.0488 e. The molecule has 100 valence electrons. The zero-order valence-corrected chi connectivity index (χ0v) is 12.3. The van der Waals surface area contributed by atoms with Gasteiger partial charge in [-0.25, -0.2) is 0 Å². The molecule has 0 fully saturated rings. The monoisotopic (exact) mass is 261 g/mol. The Bertz CT molecular complexity index is 830. The van der Waals surface area contributed by atoms with Crippen LogP contribution < -0.4 is 4.90 Å². The number of benzene rings is 3. The quantitative estimate of drug-likeness (QED) is 0.529. The highest BCUT2D eigenvalue weighted by atomic mass is 15.1. The summed E-state index contributed by atoms with van der Waals surface area (Å²) < 4.78 is 0. The second-order valence-corrected chi connectivity index (χ2v) is 6.55. The van der Waals surface area contributed by atoms with Crippen LogP contribution in [0.2, 0.25) is 0 Å². The number of anilines is 1. The summed E-state index contributed by atoms with van der Waals surface area (Å²) in [6.07, 6.45) is 0. The van der Waals surface area contributed by atoms with Crippen LogP contribution in [0.1, 0.15) is 19.4 Å². The normalized spacial score (nSPS) is 16.9. The van der Waals surface area contributed by atoms with Crippen molar-refractivity contribution in [3.05, 3.63) is 54.1 Å². The number of rotatable bonds is 0. The maximum atomic E-state index is 2.42. The van der Waals surface area contributed by atoms with E-state index in [0.717, 1.165) is 6.54 Å². The lowest BCUT2D eigenvalue weighted by Gasteiger charge is -2.20. The molecule has 0 saturated carbocycles. The van der Waals surface area contributed by atoms with Gasteiger partial charge >= 0.3 is 0 Å². The summed E-state index contributed by atoms with van der Waals surface area (Å²) in [5.74, 6) is 0. The lowest BCUT2D eigenvalue weighted by atomic mass is 9.82. The van der Waals surface area contributed by atoms with Crippen molar-refractivity contribution in [3.8, 4) is 0 Å². The third-order valence-corrected chi connectivity index (χ3v) is 4.60. The van der Waals surface area contributed by atoms with E-state index in [4.69, 9.17) is 0 Å². The van der Waals surface area contributed by atoms with Crippen LogP contribution in [-0.2, 0) is 5.41 Å². The van der Waals surface area contributed by atoms with E-state index in [9.17, 15) is 0 Å². The van der Waals surface area contributed by atoms with E-state index < -0.39 is 0 Å². The van der Waals surface area contributed by atoms with E-state index in [1.165, 1.54) is 32.8 Å². The molecule has 0 unspecified atom stereocenters. The average molecular weight is 261 g/mol. The van der Waals surface area contributed by atoms with E-state index in [-0.39, 0.29) is 5.41 Å². The highest BCUT2D eigenvalue weighted by Gasteiger charge is 2.36. The van der Waals surface area contributed by atoms with Crippen LogP contribution in [0.4, 0.5) is 5.69 Å². The Hall–Kier alpha value is -2.02. The van der Waals surface area contributed by atoms with Gasteiger partial charge in [-0.05, 0) is 21.7 Å². The molecule has 4 rings (SSSR count). The molecule has 1 heterocycles. The smallest absolute Gasteiger partial charge is 0.0488 e. The predicted molar refractivity (Wildman–Crippen MR) is 87.8 cm³/mol. The first-order valence-corrected chi connectivity index (χ1v) is 7.25. The zero-order valence-electron chi connectivity index (χ0n) is 12.3. The second-order valence-electron chi connectivity index (χ2n) is 6.55. The predicted octanol–water partition coefficient (Wildman–Crippen LogP) is 4.72. The van der Waals surface area contributed by atoms with Crippen LogP contribution >= 0.6 is 0 Å². The molecule has 0 bridgehead atoms. The van der Waals surface area contributed by atoms with Gasteiger partial charge in [0, 0.05) is 30.1 Å². The summed E-state index contributed by atoms with van der Waals surface area (Å²) >= 11 is 0. The number of nitrogens with zero attached hydrogens (tertiary/aromatic N) is 1. The van der Waals surface area contributed by atoms with E-state index >= 15 is 0 Å². The molecule has 0 spiro atoms. The first kappa shape index (κ1) is 11.8. The third-order valence-electron chi connectivity index (χ3n) is 4.60. The van der Waals surface area contributed by atoms with Gasteiger partial charge in [0.2, 0.25) is 0 Å². The van der Waals surface area contributed by atoms with E-state index in [0.29, 0.717) is 0 Å². The zero-order chi connectivity index (χ0) is 13.9. The molecule has 0 aromatic heterocycles. The van der Waals surface area contributed by atoms with Gasteiger partial charge in [-0.1, -0.05) is 62.4 Å². The van der Waals surface area contributed by atoms with Crippen LogP contribution in [0.3, 0.4) is 0 Å². The largest absolute Gasteiger partial charge is 0.373 e. The molecule has 0 aliphatic carbocycles. The van der Waals surface area contributed by atoms with Crippen molar-refractivity contribution in [1.82, 2.24) is 0 Å². The van der Waals surface area contributed by atoms with Crippen molar-refractivity contribution in [1.29, 1.82) is 0 Å². The Morgan fingerprint density at radius 3 is 1.95 bits per heavy atom. The lowest BCUT2D eigenvalue weighted by Crippen LogP contribution is -2.25. The molecule has 0 amide bonds. The Balaban J connectivity index is 2.33. The summed E-state index contributed by atoms with van der Waals surface area (Å²) in [6, 6.07) is 17.6. The molecule has 1 heteroatoms. The minimum absolute atomic E-state index is 0.202. The Morgan fingerprint density at radius 1 is 0.800 bits per heavy atom. The van der Waals surface area contributed by atoms with Gasteiger partial charge in [0.05, 0.1) is 0 Å². The van der Waals surface area contributed by atoms with Gasteiger partial charge in [-0.3, -0.25) is 0 Å². The molecule has 0 radical (unpaired) electrons. The van der Waals surface area contributed by atoms with Crippen molar-refractivity contribution in [2.75, 3.05) is 18.5 Å². The first-order valence-electron chi connectivity index (χ1n) is 7.25. The van der Waals surface area contributed by atoms with Crippen LogP contribution in [0.25, 0.3) is 21.5 Å². The van der Waals surface area contributed by atoms with Gasteiger partial charge in [-0.15, -0.1) is 0 Å². The fourth-order valence-corrected chi connectivity index (χ4v) is 3.96. The highest BCUT2D eigenvalue weighted by molar-refractivity contribution is 6.16. The van der Waals surface area contributed by atoms with Crippen molar-refractivity contribution < 1.29 is 0 Å². The Kier molecular flexibility index (Phi) is 2.21. The van der Waals surface area contributed by atoms with Gasteiger partial charge < -0.3 is 4.90 Å². The molecular formula is C19H19N. The van der Waals surface area contributed by atoms with Crippen molar-refractivity contribution in [2.24, 2.45) is 0 Å². The minimum atomic E-state index is 0.202. The van der Waals surface area contributed by atoms with Crippen molar-refractivity contribution in [3.63, 3.8) is 0 Å². The topological polar surface area (TPSA) is 3.24 Å². The number of likely N-dealkylation sites (N-methyl/N-ethyl adjacent to an activating group) is 1. The number of fused-ring (bicyclic) bond motifs is 6. The van der Waals surface area contributed by atoms with Crippen LogP contribution in [0.5, 0.6) is 0 Å². The Morgan fingerprint density at radius 2 is 1.30 bits per heavy atom. The van der Waals surface area contributed by atoms with E-state index in [1.807, 2.05) is 0 Å². The molecule has 0 saturated heterocycles. The Labute approximate surface area is 119 Å². The van der Waals surface area contributed by atoms with E-state index in [1.54, 1.807) is 0 Å². The summed E-state index contributed by atoms with van der Waals surface area (Å²) in [4.78, 5) is 2.42. The fourth-order valence-electron chi connectivity index (χ4n) is 3.96.